The molecule has 21 heavy (non-hydrogen) atoms. The fourth-order valence-electron chi connectivity index (χ4n) is 2.58. The van der Waals surface area contributed by atoms with Gasteiger partial charge >= 0.3 is 0 Å². The molecule has 1 heterocycles. The first-order chi connectivity index (χ1) is 9.90. The number of aliphatic hydroxyl groups is 1. The van der Waals surface area contributed by atoms with Gasteiger partial charge in [0.1, 0.15) is 23.8 Å². The summed E-state index contributed by atoms with van der Waals surface area (Å²) in [6, 6.07) is 6.12. The molecule has 3 unspecified atom stereocenters. The summed E-state index contributed by atoms with van der Waals surface area (Å²) in [6.07, 6.45) is 0.633. The van der Waals surface area contributed by atoms with Crippen molar-refractivity contribution in [2.45, 2.75) is 31.9 Å². The van der Waals surface area contributed by atoms with Crippen LogP contribution in [0.15, 0.2) is 24.3 Å². The lowest BCUT2D eigenvalue weighted by molar-refractivity contribution is -0.0348. The molecule has 0 radical (unpaired) electrons. The van der Waals surface area contributed by atoms with Gasteiger partial charge in [0, 0.05) is 24.9 Å². The second-order valence-electron chi connectivity index (χ2n) is 5.86. The molecule has 1 saturated heterocycles. The van der Waals surface area contributed by atoms with E-state index in [4.69, 9.17) is 4.74 Å². The van der Waals surface area contributed by atoms with E-state index in [0.717, 1.165) is 6.54 Å². The first-order valence-electron chi connectivity index (χ1n) is 7.22. The smallest absolute Gasteiger partial charge is 0.149 e. The number of likely N-dealkylation sites (tertiary alicyclic amines) is 1. The van der Waals surface area contributed by atoms with Crippen LogP contribution in [-0.2, 0) is 0 Å². The van der Waals surface area contributed by atoms with E-state index < -0.39 is 5.60 Å². The van der Waals surface area contributed by atoms with Gasteiger partial charge in [-0.2, -0.15) is 0 Å². The van der Waals surface area contributed by atoms with Crippen molar-refractivity contribution in [3.05, 3.63) is 30.1 Å². The topological polar surface area (TPSA) is 32.7 Å². The zero-order valence-corrected chi connectivity index (χ0v) is 12.8. The molecule has 0 amide bonds. The molecule has 4 heteroatoms. The number of ether oxygens (including phenoxy) is 1. The minimum atomic E-state index is -0.960. The molecule has 3 nitrogen and oxygen atoms in total. The van der Waals surface area contributed by atoms with Crippen molar-refractivity contribution in [3.8, 4) is 17.6 Å². The Morgan fingerprint density at radius 2 is 2.05 bits per heavy atom. The molecule has 0 aromatic heterocycles. The Morgan fingerprint density at radius 1 is 1.38 bits per heavy atom. The third kappa shape index (κ3) is 3.96. The van der Waals surface area contributed by atoms with Crippen molar-refractivity contribution in [1.82, 2.24) is 4.90 Å². The highest BCUT2D eigenvalue weighted by molar-refractivity contribution is 5.24. The van der Waals surface area contributed by atoms with E-state index in [1.807, 2.05) is 6.92 Å². The van der Waals surface area contributed by atoms with Gasteiger partial charge in [-0.05, 0) is 38.2 Å². The highest BCUT2D eigenvalue weighted by Gasteiger charge is 2.39. The second kappa shape index (κ2) is 6.46. The fraction of sp³-hybridized carbons (Fsp3) is 0.529. The molecule has 114 valence electrons. The number of hydrogen-bond acceptors (Lipinski definition) is 3. The van der Waals surface area contributed by atoms with Gasteiger partial charge in [0.25, 0.3) is 0 Å². The number of halogens is 1. The summed E-state index contributed by atoms with van der Waals surface area (Å²) in [7, 11) is 2.06. The van der Waals surface area contributed by atoms with Gasteiger partial charge in [0.2, 0.25) is 0 Å². The Labute approximate surface area is 125 Å². The molecule has 0 saturated carbocycles. The number of piperidine rings is 1. The molecule has 1 N–H and O–H groups in total. The average Bonchev–Trinajstić information content (AvgIpc) is 2.44. The Hall–Kier alpha value is -1.57. The van der Waals surface area contributed by atoms with Gasteiger partial charge in [0.15, 0.2) is 0 Å². The van der Waals surface area contributed by atoms with Crippen molar-refractivity contribution < 1.29 is 14.2 Å². The monoisotopic (exact) mass is 291 g/mol. The Balaban J connectivity index is 1.93. The van der Waals surface area contributed by atoms with Gasteiger partial charge in [-0.15, -0.1) is 0 Å². The molecule has 0 spiro atoms. The first kappa shape index (κ1) is 15.8. The largest absolute Gasteiger partial charge is 0.481 e. The maximum Gasteiger partial charge on any atom is 0.149 e. The Kier molecular flexibility index (Phi) is 4.87. The third-order valence-corrected chi connectivity index (χ3v) is 4.17. The molecule has 3 atom stereocenters. The van der Waals surface area contributed by atoms with Crippen molar-refractivity contribution in [2.75, 3.05) is 20.2 Å². The molecule has 1 aliphatic heterocycles. The maximum atomic E-state index is 12.8. The summed E-state index contributed by atoms with van der Waals surface area (Å²) in [4.78, 5) is 2.23. The summed E-state index contributed by atoms with van der Waals surface area (Å²) in [5.41, 5.74) is -0.960. The fourth-order valence-corrected chi connectivity index (χ4v) is 2.58. The standard InChI is InChI=1S/C17H22FNO2/c1-13-12-19(3)14(2)11-17(13,20)9-4-10-21-16-7-5-15(18)6-8-16/h5-8,13-14,20H,10-12H2,1-3H3. The van der Waals surface area contributed by atoms with Crippen LogP contribution in [0.2, 0.25) is 0 Å². The first-order valence-corrected chi connectivity index (χ1v) is 7.22. The van der Waals surface area contributed by atoms with Crippen molar-refractivity contribution in [3.63, 3.8) is 0 Å². The quantitative estimate of drug-likeness (QED) is 0.849. The maximum absolute atomic E-state index is 12.8. The predicted molar refractivity (Wildman–Crippen MR) is 80.5 cm³/mol. The van der Waals surface area contributed by atoms with Crippen LogP contribution in [0.1, 0.15) is 20.3 Å². The number of rotatable bonds is 2. The summed E-state index contributed by atoms with van der Waals surface area (Å²) in [5, 5.41) is 10.7. The van der Waals surface area contributed by atoms with E-state index in [2.05, 4.69) is 30.7 Å². The molecule has 1 aromatic rings. The molecule has 1 aliphatic rings. The molecule has 2 rings (SSSR count). The molecule has 1 fully saturated rings. The van der Waals surface area contributed by atoms with Crippen LogP contribution in [0.4, 0.5) is 4.39 Å². The van der Waals surface area contributed by atoms with Gasteiger partial charge in [0.05, 0.1) is 0 Å². The molecule has 1 aromatic carbocycles. The third-order valence-electron chi connectivity index (χ3n) is 4.17. The molecule has 0 aliphatic carbocycles. The SMILES string of the molecule is CC1CC(O)(C#CCOc2ccc(F)cc2)C(C)CN1C. The highest BCUT2D eigenvalue weighted by atomic mass is 19.1. The lowest BCUT2D eigenvalue weighted by Crippen LogP contribution is -2.52. The molecular formula is C17H22FNO2. The van der Waals surface area contributed by atoms with Crippen LogP contribution in [0.5, 0.6) is 5.75 Å². The summed E-state index contributed by atoms with van der Waals surface area (Å²) in [6.45, 7) is 5.11. The summed E-state index contributed by atoms with van der Waals surface area (Å²) in [5.74, 6) is 6.22. The average molecular weight is 291 g/mol. The van der Waals surface area contributed by atoms with Crippen LogP contribution < -0.4 is 4.74 Å². The molecular weight excluding hydrogens is 269 g/mol. The zero-order valence-electron chi connectivity index (χ0n) is 12.8. The number of benzene rings is 1. The highest BCUT2D eigenvalue weighted by Crippen LogP contribution is 2.30. The van der Waals surface area contributed by atoms with Crippen LogP contribution in [0.3, 0.4) is 0 Å². The minimum absolute atomic E-state index is 0.0945. The van der Waals surface area contributed by atoms with Crippen LogP contribution in [0, 0.1) is 23.6 Å². The number of hydrogen-bond donors (Lipinski definition) is 1. The van der Waals surface area contributed by atoms with E-state index in [1.165, 1.54) is 12.1 Å². The summed E-state index contributed by atoms with van der Waals surface area (Å²) < 4.78 is 18.2. The van der Waals surface area contributed by atoms with Crippen molar-refractivity contribution >= 4 is 0 Å². The van der Waals surface area contributed by atoms with E-state index in [9.17, 15) is 9.50 Å². The number of nitrogens with zero attached hydrogens (tertiary/aromatic N) is 1. The molecule has 0 bridgehead atoms. The van der Waals surface area contributed by atoms with E-state index >= 15 is 0 Å². The van der Waals surface area contributed by atoms with Crippen LogP contribution >= 0.6 is 0 Å². The van der Waals surface area contributed by atoms with Gasteiger partial charge < -0.3 is 14.7 Å². The minimum Gasteiger partial charge on any atom is -0.481 e. The van der Waals surface area contributed by atoms with Gasteiger partial charge in [-0.1, -0.05) is 18.8 Å². The second-order valence-corrected chi connectivity index (χ2v) is 5.86. The Bertz CT molecular complexity index is 534. The van der Waals surface area contributed by atoms with E-state index in [-0.39, 0.29) is 18.3 Å². The van der Waals surface area contributed by atoms with Gasteiger partial charge in [-0.25, -0.2) is 4.39 Å². The zero-order chi connectivity index (χ0) is 15.5. The van der Waals surface area contributed by atoms with Crippen molar-refractivity contribution in [2.24, 2.45) is 5.92 Å². The van der Waals surface area contributed by atoms with E-state index in [1.54, 1.807) is 12.1 Å². The Morgan fingerprint density at radius 3 is 2.71 bits per heavy atom. The van der Waals surface area contributed by atoms with Crippen LogP contribution in [0.25, 0.3) is 0 Å². The van der Waals surface area contributed by atoms with Gasteiger partial charge in [-0.3, -0.25) is 0 Å². The van der Waals surface area contributed by atoms with Crippen molar-refractivity contribution in [1.29, 1.82) is 0 Å². The lowest BCUT2D eigenvalue weighted by Gasteiger charge is -2.42. The van der Waals surface area contributed by atoms with Crippen LogP contribution in [-0.4, -0.2) is 41.8 Å². The van der Waals surface area contributed by atoms with E-state index in [0.29, 0.717) is 18.2 Å². The predicted octanol–water partition coefficient (Wildman–Crippen LogP) is 2.30. The summed E-state index contributed by atoms with van der Waals surface area (Å²) >= 11 is 0. The normalized spacial score (nSPS) is 29.6. The lowest BCUT2D eigenvalue weighted by atomic mass is 9.80.